The molecule has 0 heterocycles. The first kappa shape index (κ1) is 22.4. The van der Waals surface area contributed by atoms with Gasteiger partial charge in [0.1, 0.15) is 5.60 Å². The van der Waals surface area contributed by atoms with Gasteiger partial charge in [0.25, 0.3) is 6.47 Å². The Morgan fingerprint density at radius 3 is 2.50 bits per heavy atom. The maximum Gasteiger partial charge on any atom is 0.309 e. The Kier molecular flexibility index (Phi) is 8.09. The summed E-state index contributed by atoms with van der Waals surface area (Å²) in [4.78, 5) is 21.7. The van der Waals surface area contributed by atoms with E-state index in [-0.39, 0.29) is 5.60 Å². The van der Waals surface area contributed by atoms with Crippen molar-refractivity contribution in [2.75, 3.05) is 0 Å². The average molecular weight is 389 g/mol. The number of carbonyl (C=O) groups is 2. The quantitative estimate of drug-likeness (QED) is 0.331. The first-order valence-electron chi connectivity index (χ1n) is 10.7. The fourth-order valence-electron chi connectivity index (χ4n) is 3.76. The van der Waals surface area contributed by atoms with Gasteiger partial charge < -0.3 is 9.84 Å². The second-order valence-corrected chi connectivity index (χ2v) is 9.11. The SMILES string of the molecule is Cc1ccc(CCCCC2(OC=O)CC2)cc1CCCCCC(C)(C)C(=O)O. The summed E-state index contributed by atoms with van der Waals surface area (Å²) in [6.45, 7) is 6.38. The zero-order valence-corrected chi connectivity index (χ0v) is 17.8. The van der Waals surface area contributed by atoms with Crippen LogP contribution in [0.5, 0.6) is 0 Å². The van der Waals surface area contributed by atoms with Gasteiger partial charge in [-0.25, -0.2) is 0 Å². The Morgan fingerprint density at radius 2 is 1.86 bits per heavy atom. The Morgan fingerprint density at radius 1 is 1.14 bits per heavy atom. The third-order valence-electron chi connectivity index (χ3n) is 6.19. The number of hydrogen-bond acceptors (Lipinski definition) is 3. The summed E-state index contributed by atoms with van der Waals surface area (Å²) in [6, 6.07) is 6.78. The minimum absolute atomic E-state index is 0.130. The minimum atomic E-state index is -0.707. The molecule has 0 spiro atoms. The fraction of sp³-hybridized carbons (Fsp3) is 0.667. The molecule has 0 aliphatic heterocycles. The molecular weight excluding hydrogens is 352 g/mol. The lowest BCUT2D eigenvalue weighted by Gasteiger charge is -2.18. The molecule has 2 rings (SSSR count). The fourth-order valence-corrected chi connectivity index (χ4v) is 3.76. The molecule has 1 aliphatic rings. The lowest BCUT2D eigenvalue weighted by molar-refractivity contribution is -0.147. The van der Waals surface area contributed by atoms with Gasteiger partial charge in [0.05, 0.1) is 5.41 Å². The van der Waals surface area contributed by atoms with Crippen molar-refractivity contribution in [1.29, 1.82) is 0 Å². The molecule has 0 unspecified atom stereocenters. The summed E-state index contributed by atoms with van der Waals surface area (Å²) < 4.78 is 5.21. The highest BCUT2D eigenvalue weighted by molar-refractivity contribution is 5.73. The molecule has 4 heteroatoms. The van der Waals surface area contributed by atoms with Crippen LogP contribution in [-0.2, 0) is 27.2 Å². The van der Waals surface area contributed by atoms with E-state index in [4.69, 9.17) is 4.74 Å². The highest BCUT2D eigenvalue weighted by Crippen LogP contribution is 2.43. The van der Waals surface area contributed by atoms with Crippen molar-refractivity contribution in [2.24, 2.45) is 5.41 Å². The Hall–Kier alpha value is -1.84. The van der Waals surface area contributed by atoms with E-state index in [0.29, 0.717) is 6.47 Å². The number of aryl methyl sites for hydroxylation is 3. The maximum atomic E-state index is 11.2. The number of carboxylic acid groups (broad SMARTS) is 1. The van der Waals surface area contributed by atoms with E-state index in [1.165, 1.54) is 16.7 Å². The van der Waals surface area contributed by atoms with Crippen molar-refractivity contribution in [3.63, 3.8) is 0 Å². The van der Waals surface area contributed by atoms with E-state index >= 15 is 0 Å². The summed E-state index contributed by atoms with van der Waals surface area (Å²) in [5, 5.41) is 9.18. The minimum Gasteiger partial charge on any atom is -0.481 e. The van der Waals surface area contributed by atoms with Crippen molar-refractivity contribution in [1.82, 2.24) is 0 Å². The second kappa shape index (κ2) is 10.1. The molecule has 28 heavy (non-hydrogen) atoms. The third-order valence-corrected chi connectivity index (χ3v) is 6.19. The number of carbonyl (C=O) groups excluding carboxylic acids is 1. The van der Waals surface area contributed by atoms with Crippen LogP contribution in [0.3, 0.4) is 0 Å². The number of ether oxygens (including phenoxy) is 1. The molecule has 1 aromatic rings. The molecule has 0 atom stereocenters. The lowest BCUT2D eigenvalue weighted by Crippen LogP contribution is -2.23. The number of rotatable bonds is 14. The molecule has 1 saturated carbocycles. The number of hydrogen-bond donors (Lipinski definition) is 1. The van der Waals surface area contributed by atoms with E-state index < -0.39 is 11.4 Å². The Bertz CT molecular complexity index is 659. The molecule has 0 saturated heterocycles. The average Bonchev–Trinajstić information content (AvgIpc) is 3.40. The normalized spacial score (nSPS) is 15.2. The van der Waals surface area contributed by atoms with Gasteiger partial charge in [0.2, 0.25) is 0 Å². The largest absolute Gasteiger partial charge is 0.481 e. The van der Waals surface area contributed by atoms with Gasteiger partial charge in [0, 0.05) is 0 Å². The summed E-state index contributed by atoms with van der Waals surface area (Å²) in [7, 11) is 0. The van der Waals surface area contributed by atoms with E-state index in [0.717, 1.165) is 70.6 Å². The topological polar surface area (TPSA) is 63.6 Å². The summed E-state index contributed by atoms with van der Waals surface area (Å²) in [5.74, 6) is -0.707. The Balaban J connectivity index is 1.70. The van der Waals surface area contributed by atoms with Crippen LogP contribution in [0.2, 0.25) is 0 Å². The molecule has 0 amide bonds. The van der Waals surface area contributed by atoms with Crippen LogP contribution in [0, 0.1) is 12.3 Å². The van der Waals surface area contributed by atoms with Crippen LogP contribution < -0.4 is 0 Å². The molecule has 0 aromatic heterocycles. The Labute approximate surface area is 169 Å². The van der Waals surface area contributed by atoms with E-state index in [2.05, 4.69) is 25.1 Å². The zero-order chi connectivity index (χ0) is 20.6. The van der Waals surface area contributed by atoms with Gasteiger partial charge in [-0.15, -0.1) is 0 Å². The third kappa shape index (κ3) is 6.96. The van der Waals surface area contributed by atoms with E-state index in [1.807, 2.05) is 0 Å². The molecule has 0 bridgehead atoms. The van der Waals surface area contributed by atoms with Gasteiger partial charge in [-0.3, -0.25) is 9.59 Å². The van der Waals surface area contributed by atoms with Gasteiger partial charge in [-0.1, -0.05) is 31.0 Å². The van der Waals surface area contributed by atoms with Crippen molar-refractivity contribution >= 4 is 12.4 Å². The lowest BCUT2D eigenvalue weighted by atomic mass is 9.87. The van der Waals surface area contributed by atoms with Crippen molar-refractivity contribution in [2.45, 2.75) is 97.0 Å². The summed E-state index contributed by atoms with van der Waals surface area (Å²) in [5.41, 5.74) is 3.39. The van der Waals surface area contributed by atoms with Crippen molar-refractivity contribution < 1.29 is 19.4 Å². The summed E-state index contributed by atoms with van der Waals surface area (Å²) >= 11 is 0. The van der Waals surface area contributed by atoms with Gasteiger partial charge >= 0.3 is 5.97 Å². The highest BCUT2D eigenvalue weighted by Gasteiger charge is 2.44. The van der Waals surface area contributed by atoms with Crippen LogP contribution in [-0.4, -0.2) is 23.1 Å². The van der Waals surface area contributed by atoms with Crippen LogP contribution in [0.15, 0.2) is 18.2 Å². The number of carboxylic acids is 1. The molecule has 1 aromatic carbocycles. The number of unbranched alkanes of at least 4 members (excludes halogenated alkanes) is 3. The summed E-state index contributed by atoms with van der Waals surface area (Å²) in [6.07, 6.45) is 11.2. The molecule has 1 aliphatic carbocycles. The first-order chi connectivity index (χ1) is 13.3. The van der Waals surface area contributed by atoms with Crippen LogP contribution in [0.4, 0.5) is 0 Å². The predicted octanol–water partition coefficient (Wildman–Crippen LogP) is 5.63. The molecule has 0 radical (unpaired) electrons. The van der Waals surface area contributed by atoms with E-state index in [9.17, 15) is 14.7 Å². The molecule has 1 fully saturated rings. The molecule has 156 valence electrons. The molecule has 4 nitrogen and oxygen atoms in total. The van der Waals surface area contributed by atoms with Crippen molar-refractivity contribution in [3.8, 4) is 0 Å². The van der Waals surface area contributed by atoms with Crippen molar-refractivity contribution in [3.05, 3.63) is 34.9 Å². The number of benzene rings is 1. The second-order valence-electron chi connectivity index (χ2n) is 9.11. The maximum absolute atomic E-state index is 11.2. The van der Waals surface area contributed by atoms with Gasteiger partial charge in [-0.05, 0) is 95.2 Å². The van der Waals surface area contributed by atoms with Crippen LogP contribution >= 0.6 is 0 Å². The monoisotopic (exact) mass is 388 g/mol. The smallest absolute Gasteiger partial charge is 0.309 e. The van der Waals surface area contributed by atoms with E-state index in [1.54, 1.807) is 13.8 Å². The van der Waals surface area contributed by atoms with Crippen LogP contribution in [0.1, 0.15) is 88.3 Å². The van der Waals surface area contributed by atoms with Crippen LogP contribution in [0.25, 0.3) is 0 Å². The standard InChI is InChI=1S/C24H36O4/c1-19-11-12-20(9-6-8-14-24(15-16-24)28-18-25)17-21(19)10-5-4-7-13-23(2,3)22(26)27/h11-12,17-18H,4-10,13-16H2,1-3H3,(H,26,27). The zero-order valence-electron chi connectivity index (χ0n) is 17.8. The first-order valence-corrected chi connectivity index (χ1v) is 10.7. The van der Waals surface area contributed by atoms with Gasteiger partial charge in [-0.2, -0.15) is 0 Å². The number of aliphatic carboxylic acids is 1. The molecular formula is C24H36O4. The predicted molar refractivity (Wildman–Crippen MR) is 111 cm³/mol. The molecule has 1 N–H and O–H groups in total. The van der Waals surface area contributed by atoms with Gasteiger partial charge in [0.15, 0.2) is 0 Å². The highest BCUT2D eigenvalue weighted by atomic mass is 16.5.